The number of nitrogens with zero attached hydrogens (tertiary/aromatic N) is 2. The lowest BCUT2D eigenvalue weighted by atomic mass is 10.1. The first kappa shape index (κ1) is 19.8. The maximum atomic E-state index is 12.3. The van der Waals surface area contributed by atoms with Gasteiger partial charge in [0.05, 0.1) is 6.04 Å². The average Bonchev–Trinajstić information content (AvgIpc) is 2.63. The van der Waals surface area contributed by atoms with E-state index in [4.69, 9.17) is 23.2 Å². The molecular formula is C20H24Cl2N4O. The van der Waals surface area contributed by atoms with E-state index in [0.29, 0.717) is 10.0 Å². The van der Waals surface area contributed by atoms with E-state index in [1.54, 1.807) is 12.1 Å². The molecule has 0 bridgehead atoms. The summed E-state index contributed by atoms with van der Waals surface area (Å²) in [5.74, 6) is 0. The normalized spacial score (nSPS) is 16.1. The summed E-state index contributed by atoms with van der Waals surface area (Å²) in [6, 6.07) is 12.7. The molecular weight excluding hydrogens is 383 g/mol. The predicted molar refractivity (Wildman–Crippen MR) is 113 cm³/mol. The maximum absolute atomic E-state index is 12.3. The van der Waals surface area contributed by atoms with E-state index >= 15 is 0 Å². The fourth-order valence-corrected chi connectivity index (χ4v) is 3.69. The van der Waals surface area contributed by atoms with Crippen LogP contribution in [0.4, 0.5) is 16.2 Å². The van der Waals surface area contributed by atoms with Gasteiger partial charge in [0.2, 0.25) is 0 Å². The van der Waals surface area contributed by atoms with E-state index in [2.05, 4.69) is 27.5 Å². The van der Waals surface area contributed by atoms with Crippen molar-refractivity contribution in [1.29, 1.82) is 0 Å². The molecule has 27 heavy (non-hydrogen) atoms. The Morgan fingerprint density at radius 3 is 2.33 bits per heavy atom. The molecule has 1 heterocycles. The summed E-state index contributed by atoms with van der Waals surface area (Å²) in [6.07, 6.45) is 0. The minimum atomic E-state index is -0.277. The van der Waals surface area contributed by atoms with Gasteiger partial charge in [-0.15, -0.1) is 0 Å². The zero-order chi connectivity index (χ0) is 19.4. The lowest BCUT2D eigenvalue weighted by Crippen LogP contribution is -2.44. The van der Waals surface area contributed by atoms with Gasteiger partial charge in [-0.25, -0.2) is 4.79 Å². The molecule has 1 fully saturated rings. The zero-order valence-electron chi connectivity index (χ0n) is 15.5. The van der Waals surface area contributed by atoms with Crippen molar-refractivity contribution in [2.45, 2.75) is 13.0 Å². The number of amides is 2. The fourth-order valence-electron chi connectivity index (χ4n) is 3.11. The molecule has 0 aliphatic carbocycles. The van der Waals surface area contributed by atoms with E-state index in [1.807, 2.05) is 37.3 Å². The number of rotatable bonds is 4. The highest BCUT2D eigenvalue weighted by atomic mass is 35.5. The fraction of sp³-hybridized carbons (Fsp3) is 0.350. The predicted octanol–water partition coefficient (Wildman–Crippen LogP) is 4.63. The molecule has 144 valence electrons. The largest absolute Gasteiger partial charge is 0.369 e. The van der Waals surface area contributed by atoms with Crippen molar-refractivity contribution in [1.82, 2.24) is 10.2 Å². The third kappa shape index (κ3) is 5.28. The smallest absolute Gasteiger partial charge is 0.319 e. The lowest BCUT2D eigenvalue weighted by Gasteiger charge is -2.34. The summed E-state index contributed by atoms with van der Waals surface area (Å²) in [6.45, 7) is 6.04. The molecule has 7 heteroatoms. The van der Waals surface area contributed by atoms with Crippen LogP contribution in [0.15, 0.2) is 42.5 Å². The number of likely N-dealkylation sites (N-methyl/N-ethyl adjacent to an activating group) is 1. The maximum Gasteiger partial charge on any atom is 0.319 e. The van der Waals surface area contributed by atoms with Crippen LogP contribution in [-0.4, -0.2) is 44.2 Å². The molecule has 2 aromatic carbocycles. The van der Waals surface area contributed by atoms with Crippen molar-refractivity contribution in [3.63, 3.8) is 0 Å². The molecule has 0 radical (unpaired) electrons. The standard InChI is InChI=1S/C20H24Cl2N4O/c1-14(18-8-3-15(21)13-19(18)22)23-20(27)24-16-4-6-17(7-5-16)26-11-9-25(2)10-12-26/h3-8,13-14H,9-12H2,1-2H3,(H2,23,24,27)/t14-/m1/s1. The van der Waals surface area contributed by atoms with Crippen molar-refractivity contribution in [2.75, 3.05) is 43.4 Å². The molecule has 1 aliphatic rings. The van der Waals surface area contributed by atoms with Gasteiger partial charge in [0, 0.05) is 47.6 Å². The molecule has 0 saturated carbocycles. The number of nitrogens with one attached hydrogen (secondary N) is 2. The number of anilines is 2. The monoisotopic (exact) mass is 406 g/mol. The topological polar surface area (TPSA) is 47.6 Å². The van der Waals surface area contributed by atoms with Crippen LogP contribution in [-0.2, 0) is 0 Å². The number of carbonyl (C=O) groups excluding carboxylic acids is 1. The summed E-state index contributed by atoms with van der Waals surface area (Å²) in [4.78, 5) is 17.0. The molecule has 5 nitrogen and oxygen atoms in total. The Morgan fingerprint density at radius 2 is 1.70 bits per heavy atom. The van der Waals surface area contributed by atoms with E-state index in [-0.39, 0.29) is 12.1 Å². The van der Waals surface area contributed by atoms with Crippen molar-refractivity contribution in [2.24, 2.45) is 0 Å². The van der Waals surface area contributed by atoms with Crippen LogP contribution in [0, 0.1) is 0 Å². The van der Waals surface area contributed by atoms with Crippen LogP contribution in [0.25, 0.3) is 0 Å². The third-order valence-electron chi connectivity index (χ3n) is 4.77. The number of carbonyl (C=O) groups is 1. The Morgan fingerprint density at radius 1 is 1.04 bits per heavy atom. The molecule has 0 aromatic heterocycles. The summed E-state index contributed by atoms with van der Waals surface area (Å²) >= 11 is 12.1. The Kier molecular flexibility index (Phi) is 6.47. The third-order valence-corrected chi connectivity index (χ3v) is 5.33. The SMILES string of the molecule is C[C@@H](NC(=O)Nc1ccc(N2CCN(C)CC2)cc1)c1ccc(Cl)cc1Cl. The van der Waals surface area contributed by atoms with Gasteiger partial charge in [-0.3, -0.25) is 0 Å². The first-order valence-corrected chi connectivity index (χ1v) is 9.74. The zero-order valence-corrected chi connectivity index (χ0v) is 17.0. The average molecular weight is 407 g/mol. The van der Waals surface area contributed by atoms with Gasteiger partial charge in [-0.1, -0.05) is 29.3 Å². The minimum absolute atomic E-state index is 0.237. The lowest BCUT2D eigenvalue weighted by molar-refractivity contribution is 0.249. The summed E-state index contributed by atoms with van der Waals surface area (Å²) in [5.41, 5.74) is 2.75. The molecule has 0 spiro atoms. The molecule has 3 rings (SSSR count). The van der Waals surface area contributed by atoms with Crippen LogP contribution in [0.1, 0.15) is 18.5 Å². The van der Waals surface area contributed by atoms with Crippen molar-refractivity contribution >= 4 is 40.6 Å². The van der Waals surface area contributed by atoms with Crippen LogP contribution in [0.5, 0.6) is 0 Å². The molecule has 1 saturated heterocycles. The molecule has 1 atom stereocenters. The van der Waals surface area contributed by atoms with Gasteiger partial charge in [0.15, 0.2) is 0 Å². The van der Waals surface area contributed by atoms with Gasteiger partial charge in [-0.05, 0) is 55.9 Å². The molecule has 2 amide bonds. The number of piperazine rings is 1. The quantitative estimate of drug-likeness (QED) is 0.777. The van der Waals surface area contributed by atoms with Gasteiger partial charge in [0.25, 0.3) is 0 Å². The summed E-state index contributed by atoms with van der Waals surface area (Å²) < 4.78 is 0. The molecule has 2 aromatic rings. The highest BCUT2D eigenvalue weighted by Gasteiger charge is 2.15. The number of hydrogen-bond donors (Lipinski definition) is 2. The number of benzene rings is 2. The second-order valence-corrected chi connectivity index (χ2v) is 7.67. The van der Waals surface area contributed by atoms with E-state index < -0.39 is 0 Å². The van der Waals surface area contributed by atoms with Crippen LogP contribution in [0.3, 0.4) is 0 Å². The van der Waals surface area contributed by atoms with Crippen LogP contribution >= 0.6 is 23.2 Å². The Labute approximate surface area is 170 Å². The molecule has 0 unspecified atom stereocenters. The van der Waals surface area contributed by atoms with E-state index in [0.717, 1.165) is 37.4 Å². The minimum Gasteiger partial charge on any atom is -0.369 e. The van der Waals surface area contributed by atoms with Crippen molar-refractivity contribution < 1.29 is 4.79 Å². The Balaban J connectivity index is 1.56. The van der Waals surface area contributed by atoms with Gasteiger partial charge in [0.1, 0.15) is 0 Å². The van der Waals surface area contributed by atoms with Gasteiger partial charge in [-0.2, -0.15) is 0 Å². The van der Waals surface area contributed by atoms with Gasteiger partial charge < -0.3 is 20.4 Å². The number of halogens is 2. The second-order valence-electron chi connectivity index (χ2n) is 6.82. The van der Waals surface area contributed by atoms with E-state index in [1.165, 1.54) is 5.69 Å². The van der Waals surface area contributed by atoms with E-state index in [9.17, 15) is 4.79 Å². The van der Waals surface area contributed by atoms with Crippen LogP contribution < -0.4 is 15.5 Å². The number of hydrogen-bond acceptors (Lipinski definition) is 3. The molecule has 1 aliphatic heterocycles. The number of urea groups is 1. The van der Waals surface area contributed by atoms with Crippen molar-refractivity contribution in [3.8, 4) is 0 Å². The van der Waals surface area contributed by atoms with Crippen molar-refractivity contribution in [3.05, 3.63) is 58.1 Å². The van der Waals surface area contributed by atoms with Gasteiger partial charge >= 0.3 is 6.03 Å². The molecule has 2 N–H and O–H groups in total. The first-order chi connectivity index (χ1) is 12.9. The highest BCUT2D eigenvalue weighted by molar-refractivity contribution is 6.35. The Bertz CT molecular complexity index is 789. The summed E-state index contributed by atoms with van der Waals surface area (Å²) in [5, 5.41) is 6.86. The summed E-state index contributed by atoms with van der Waals surface area (Å²) in [7, 11) is 2.14. The second kappa shape index (κ2) is 8.83. The van der Waals surface area contributed by atoms with Crippen LogP contribution in [0.2, 0.25) is 10.0 Å². The first-order valence-electron chi connectivity index (χ1n) is 8.98. The highest BCUT2D eigenvalue weighted by Crippen LogP contribution is 2.26. The Hall–Kier alpha value is -1.95.